The first kappa shape index (κ1) is 11.1. The molecule has 1 aromatic carbocycles. The SMILES string of the molecule is CC(CN1c2ccccc2CC1C)C1CNC1. The molecule has 2 heterocycles. The molecule has 92 valence electrons. The monoisotopic (exact) mass is 230 g/mol. The molecule has 0 bridgehead atoms. The van der Waals surface area contributed by atoms with Crippen LogP contribution in [0.5, 0.6) is 0 Å². The van der Waals surface area contributed by atoms with E-state index in [1.165, 1.54) is 37.3 Å². The molecule has 0 aromatic heterocycles. The fraction of sp³-hybridized carbons (Fsp3) is 0.600. The van der Waals surface area contributed by atoms with Crippen LogP contribution in [0.25, 0.3) is 0 Å². The lowest BCUT2D eigenvalue weighted by Gasteiger charge is -2.37. The highest BCUT2D eigenvalue weighted by Crippen LogP contribution is 2.33. The number of rotatable bonds is 3. The average Bonchev–Trinajstić information content (AvgIpc) is 2.53. The molecule has 0 radical (unpaired) electrons. The first-order chi connectivity index (χ1) is 8.25. The highest BCUT2D eigenvalue weighted by atomic mass is 15.2. The maximum absolute atomic E-state index is 3.38. The molecule has 0 saturated carbocycles. The highest BCUT2D eigenvalue weighted by Gasteiger charge is 2.30. The molecule has 0 amide bonds. The Hall–Kier alpha value is -1.02. The molecule has 2 aliphatic rings. The topological polar surface area (TPSA) is 15.3 Å². The molecule has 1 N–H and O–H groups in total. The van der Waals surface area contributed by atoms with Crippen LogP contribution in [0.2, 0.25) is 0 Å². The summed E-state index contributed by atoms with van der Waals surface area (Å²) in [6.07, 6.45) is 1.21. The summed E-state index contributed by atoms with van der Waals surface area (Å²) in [4.78, 5) is 2.61. The zero-order valence-electron chi connectivity index (χ0n) is 10.8. The second kappa shape index (κ2) is 4.34. The van der Waals surface area contributed by atoms with Crippen molar-refractivity contribution in [3.8, 4) is 0 Å². The van der Waals surface area contributed by atoms with Gasteiger partial charge in [0.2, 0.25) is 0 Å². The number of hydrogen-bond acceptors (Lipinski definition) is 2. The van der Waals surface area contributed by atoms with Crippen LogP contribution < -0.4 is 10.2 Å². The van der Waals surface area contributed by atoms with Gasteiger partial charge in [0.25, 0.3) is 0 Å². The summed E-state index contributed by atoms with van der Waals surface area (Å²) in [5, 5.41) is 3.38. The van der Waals surface area contributed by atoms with Gasteiger partial charge in [-0.3, -0.25) is 0 Å². The van der Waals surface area contributed by atoms with Crippen molar-refractivity contribution in [1.82, 2.24) is 5.32 Å². The molecule has 3 rings (SSSR count). The lowest BCUT2D eigenvalue weighted by Crippen LogP contribution is -2.48. The second-order valence-electron chi connectivity index (χ2n) is 5.73. The highest BCUT2D eigenvalue weighted by molar-refractivity contribution is 5.59. The van der Waals surface area contributed by atoms with Gasteiger partial charge in [-0.15, -0.1) is 0 Å². The Bertz CT molecular complexity index is 398. The predicted molar refractivity (Wildman–Crippen MR) is 72.5 cm³/mol. The molecule has 17 heavy (non-hydrogen) atoms. The molecule has 1 saturated heterocycles. The molecule has 2 nitrogen and oxygen atoms in total. The zero-order chi connectivity index (χ0) is 11.8. The molecular weight excluding hydrogens is 208 g/mol. The van der Waals surface area contributed by atoms with E-state index in [9.17, 15) is 0 Å². The van der Waals surface area contributed by atoms with E-state index in [1.807, 2.05) is 0 Å². The molecule has 2 aliphatic heterocycles. The Labute approximate surface area is 104 Å². The van der Waals surface area contributed by atoms with E-state index >= 15 is 0 Å². The summed E-state index contributed by atoms with van der Waals surface area (Å²) in [5.74, 6) is 1.68. The van der Waals surface area contributed by atoms with Gasteiger partial charge in [-0.2, -0.15) is 0 Å². The van der Waals surface area contributed by atoms with Crippen LogP contribution in [-0.4, -0.2) is 25.7 Å². The van der Waals surface area contributed by atoms with Crippen LogP contribution in [0.1, 0.15) is 19.4 Å². The molecule has 2 unspecified atom stereocenters. The van der Waals surface area contributed by atoms with E-state index in [0.29, 0.717) is 6.04 Å². The van der Waals surface area contributed by atoms with Crippen LogP contribution in [0.15, 0.2) is 24.3 Å². The van der Waals surface area contributed by atoms with Gasteiger partial charge in [-0.05, 0) is 49.9 Å². The quantitative estimate of drug-likeness (QED) is 0.857. The molecular formula is C15H22N2. The smallest absolute Gasteiger partial charge is 0.0402 e. The van der Waals surface area contributed by atoms with E-state index in [0.717, 1.165) is 11.8 Å². The van der Waals surface area contributed by atoms with Gasteiger partial charge in [0.05, 0.1) is 0 Å². The third kappa shape index (κ3) is 1.95. The van der Waals surface area contributed by atoms with E-state index in [2.05, 4.69) is 48.3 Å². The lowest BCUT2D eigenvalue weighted by atomic mass is 9.88. The second-order valence-corrected chi connectivity index (χ2v) is 5.73. The van der Waals surface area contributed by atoms with Crippen molar-refractivity contribution >= 4 is 5.69 Å². The summed E-state index contributed by atoms with van der Waals surface area (Å²) < 4.78 is 0. The number of para-hydroxylation sites is 1. The third-order valence-corrected chi connectivity index (χ3v) is 4.45. The molecule has 2 heteroatoms. The van der Waals surface area contributed by atoms with E-state index in [1.54, 1.807) is 0 Å². The van der Waals surface area contributed by atoms with E-state index in [-0.39, 0.29) is 0 Å². The van der Waals surface area contributed by atoms with Crippen molar-refractivity contribution < 1.29 is 0 Å². The summed E-state index contributed by atoms with van der Waals surface area (Å²) in [5.41, 5.74) is 3.00. The van der Waals surface area contributed by atoms with E-state index in [4.69, 9.17) is 0 Å². The van der Waals surface area contributed by atoms with Crippen molar-refractivity contribution in [3.05, 3.63) is 29.8 Å². The standard InChI is InChI=1S/C15H22N2/c1-11(14-8-16-9-14)10-17-12(2)7-13-5-3-4-6-15(13)17/h3-6,11-12,14,16H,7-10H2,1-2H3. The first-order valence-corrected chi connectivity index (χ1v) is 6.81. The summed E-state index contributed by atoms with van der Waals surface area (Å²) >= 11 is 0. The average molecular weight is 230 g/mol. The maximum Gasteiger partial charge on any atom is 0.0402 e. The first-order valence-electron chi connectivity index (χ1n) is 6.81. The van der Waals surface area contributed by atoms with Crippen LogP contribution in [0, 0.1) is 11.8 Å². The Kier molecular flexibility index (Phi) is 2.83. The fourth-order valence-corrected chi connectivity index (χ4v) is 3.08. The Balaban J connectivity index is 1.74. The number of fused-ring (bicyclic) bond motifs is 1. The van der Waals surface area contributed by atoms with Crippen molar-refractivity contribution in [3.63, 3.8) is 0 Å². The van der Waals surface area contributed by atoms with Crippen molar-refractivity contribution in [1.29, 1.82) is 0 Å². The largest absolute Gasteiger partial charge is 0.368 e. The normalized spacial score (nSPS) is 25.5. The van der Waals surface area contributed by atoms with Crippen LogP contribution in [0.3, 0.4) is 0 Å². The van der Waals surface area contributed by atoms with Gasteiger partial charge in [-0.25, -0.2) is 0 Å². The Morgan fingerprint density at radius 2 is 2.12 bits per heavy atom. The van der Waals surface area contributed by atoms with Gasteiger partial charge in [0.15, 0.2) is 0 Å². The molecule has 2 atom stereocenters. The molecule has 0 aliphatic carbocycles. The lowest BCUT2D eigenvalue weighted by molar-refractivity contribution is 0.249. The third-order valence-electron chi connectivity index (χ3n) is 4.45. The van der Waals surface area contributed by atoms with Crippen molar-refractivity contribution in [2.24, 2.45) is 11.8 Å². The molecule has 0 spiro atoms. The molecule has 1 aromatic rings. The van der Waals surface area contributed by atoms with E-state index < -0.39 is 0 Å². The van der Waals surface area contributed by atoms with Crippen molar-refractivity contribution in [2.75, 3.05) is 24.5 Å². The van der Waals surface area contributed by atoms with Crippen LogP contribution >= 0.6 is 0 Å². The Morgan fingerprint density at radius 3 is 2.82 bits per heavy atom. The van der Waals surface area contributed by atoms with Gasteiger partial charge in [0, 0.05) is 18.3 Å². The Morgan fingerprint density at radius 1 is 1.35 bits per heavy atom. The number of anilines is 1. The number of nitrogens with one attached hydrogen (secondary N) is 1. The minimum Gasteiger partial charge on any atom is -0.368 e. The zero-order valence-corrected chi connectivity index (χ0v) is 10.8. The number of nitrogens with zero attached hydrogens (tertiary/aromatic N) is 1. The predicted octanol–water partition coefficient (Wildman–Crippen LogP) is 2.29. The van der Waals surface area contributed by atoms with Gasteiger partial charge < -0.3 is 10.2 Å². The summed E-state index contributed by atoms with van der Waals surface area (Å²) in [6, 6.07) is 9.56. The van der Waals surface area contributed by atoms with Gasteiger partial charge in [-0.1, -0.05) is 25.1 Å². The minimum atomic E-state index is 0.669. The maximum atomic E-state index is 3.38. The molecule has 1 fully saturated rings. The minimum absolute atomic E-state index is 0.669. The van der Waals surface area contributed by atoms with Crippen LogP contribution in [-0.2, 0) is 6.42 Å². The van der Waals surface area contributed by atoms with Crippen molar-refractivity contribution in [2.45, 2.75) is 26.3 Å². The summed E-state index contributed by atoms with van der Waals surface area (Å²) in [7, 11) is 0. The van der Waals surface area contributed by atoms with Crippen LogP contribution in [0.4, 0.5) is 5.69 Å². The van der Waals surface area contributed by atoms with Gasteiger partial charge >= 0.3 is 0 Å². The fourth-order valence-electron chi connectivity index (χ4n) is 3.08. The summed E-state index contributed by atoms with van der Waals surface area (Å²) in [6.45, 7) is 8.39. The number of hydrogen-bond donors (Lipinski definition) is 1. The van der Waals surface area contributed by atoms with Gasteiger partial charge in [0.1, 0.15) is 0 Å². The number of benzene rings is 1.